The molecule has 0 aliphatic rings. The van der Waals surface area contributed by atoms with Gasteiger partial charge in [-0.2, -0.15) is 5.26 Å². The van der Waals surface area contributed by atoms with Crippen molar-refractivity contribution in [2.45, 2.75) is 13.5 Å². The summed E-state index contributed by atoms with van der Waals surface area (Å²) in [6.07, 6.45) is 1.69. The molecule has 0 aliphatic heterocycles. The zero-order chi connectivity index (χ0) is 17.5. The third-order valence-corrected chi connectivity index (χ3v) is 3.84. The smallest absolute Gasteiger partial charge is 0.143 e. The highest BCUT2D eigenvalue weighted by Gasteiger charge is 2.05. The van der Waals surface area contributed by atoms with Crippen LogP contribution < -0.4 is 4.74 Å². The molecule has 0 spiro atoms. The van der Waals surface area contributed by atoms with E-state index in [-0.39, 0.29) is 6.61 Å². The molecule has 0 aromatic heterocycles. The molecule has 3 aromatic rings. The maximum Gasteiger partial charge on any atom is 0.143 e. The molecule has 0 N–H and O–H groups in total. The molecule has 0 unspecified atom stereocenters. The van der Waals surface area contributed by atoms with Crippen molar-refractivity contribution in [2.75, 3.05) is 6.61 Å². The first-order valence-corrected chi connectivity index (χ1v) is 8.11. The van der Waals surface area contributed by atoms with E-state index in [1.54, 1.807) is 12.3 Å². The van der Waals surface area contributed by atoms with Gasteiger partial charge in [-0.05, 0) is 30.5 Å². The SMILES string of the molecule is CCOc1ccc(/C=N\OCc2ccccc2C#N)c2ccccc12. The number of oxime groups is 1. The third-order valence-electron chi connectivity index (χ3n) is 3.84. The van der Waals surface area contributed by atoms with Crippen molar-refractivity contribution in [2.24, 2.45) is 5.16 Å². The van der Waals surface area contributed by atoms with Gasteiger partial charge in [0.15, 0.2) is 0 Å². The lowest BCUT2D eigenvalue weighted by Crippen LogP contribution is -1.95. The maximum absolute atomic E-state index is 9.09. The number of fused-ring (bicyclic) bond motifs is 1. The van der Waals surface area contributed by atoms with Gasteiger partial charge in [0.1, 0.15) is 12.4 Å². The van der Waals surface area contributed by atoms with Crippen LogP contribution in [0.1, 0.15) is 23.6 Å². The first kappa shape index (κ1) is 16.5. The largest absolute Gasteiger partial charge is 0.493 e. The Morgan fingerprint density at radius 3 is 2.56 bits per heavy atom. The Morgan fingerprint density at radius 1 is 1.00 bits per heavy atom. The first-order valence-electron chi connectivity index (χ1n) is 8.11. The van der Waals surface area contributed by atoms with Crippen LogP contribution in [0.25, 0.3) is 10.8 Å². The van der Waals surface area contributed by atoms with Gasteiger partial charge in [-0.3, -0.25) is 0 Å². The molecular formula is C21H18N2O2. The number of hydrogen-bond acceptors (Lipinski definition) is 4. The summed E-state index contributed by atoms with van der Waals surface area (Å²) in [4.78, 5) is 5.38. The lowest BCUT2D eigenvalue weighted by atomic mass is 10.0. The van der Waals surface area contributed by atoms with Gasteiger partial charge in [-0.25, -0.2) is 0 Å². The Kier molecular flexibility index (Phi) is 5.28. The highest BCUT2D eigenvalue weighted by atomic mass is 16.6. The fraction of sp³-hybridized carbons (Fsp3) is 0.143. The summed E-state index contributed by atoms with van der Waals surface area (Å²) in [5, 5.41) is 15.2. The quantitative estimate of drug-likeness (QED) is 0.488. The molecule has 0 bridgehead atoms. The van der Waals surface area contributed by atoms with E-state index in [2.05, 4.69) is 11.2 Å². The molecule has 0 aliphatic carbocycles. The third kappa shape index (κ3) is 3.78. The second-order valence-electron chi connectivity index (χ2n) is 5.41. The summed E-state index contributed by atoms with van der Waals surface area (Å²) in [7, 11) is 0. The summed E-state index contributed by atoms with van der Waals surface area (Å²) in [5.41, 5.74) is 2.37. The van der Waals surface area contributed by atoms with Crippen molar-refractivity contribution in [1.29, 1.82) is 5.26 Å². The molecule has 0 fully saturated rings. The van der Waals surface area contributed by atoms with Gasteiger partial charge in [-0.1, -0.05) is 47.6 Å². The van der Waals surface area contributed by atoms with E-state index < -0.39 is 0 Å². The minimum absolute atomic E-state index is 0.259. The molecule has 25 heavy (non-hydrogen) atoms. The van der Waals surface area contributed by atoms with Crippen molar-refractivity contribution in [3.8, 4) is 11.8 Å². The molecule has 4 heteroatoms. The number of nitrogens with zero attached hydrogens (tertiary/aromatic N) is 2. The van der Waals surface area contributed by atoms with Gasteiger partial charge >= 0.3 is 0 Å². The van der Waals surface area contributed by atoms with Crippen molar-refractivity contribution in [3.05, 3.63) is 77.4 Å². The minimum atomic E-state index is 0.259. The van der Waals surface area contributed by atoms with Crippen molar-refractivity contribution in [3.63, 3.8) is 0 Å². The van der Waals surface area contributed by atoms with Gasteiger partial charge in [0, 0.05) is 16.5 Å². The van der Waals surface area contributed by atoms with E-state index in [0.717, 1.165) is 27.6 Å². The van der Waals surface area contributed by atoms with Gasteiger partial charge < -0.3 is 9.57 Å². The van der Waals surface area contributed by atoms with Crippen molar-refractivity contribution < 1.29 is 9.57 Å². The molecule has 3 aromatic carbocycles. The standard InChI is InChI=1S/C21H18N2O2/c1-2-24-21-12-11-17(19-9-5-6-10-20(19)21)14-23-25-15-18-8-4-3-7-16(18)13-22/h3-12,14H,2,15H2,1H3/b23-14-. The highest BCUT2D eigenvalue weighted by Crippen LogP contribution is 2.27. The number of rotatable bonds is 6. The predicted molar refractivity (Wildman–Crippen MR) is 98.7 cm³/mol. The summed E-state index contributed by atoms with van der Waals surface area (Å²) < 4.78 is 5.68. The van der Waals surface area contributed by atoms with Gasteiger partial charge in [0.25, 0.3) is 0 Å². The van der Waals surface area contributed by atoms with Crippen molar-refractivity contribution in [1.82, 2.24) is 0 Å². The lowest BCUT2D eigenvalue weighted by Gasteiger charge is -2.09. The molecular weight excluding hydrogens is 312 g/mol. The van der Waals surface area contributed by atoms with Crippen LogP contribution in [0, 0.1) is 11.3 Å². The van der Waals surface area contributed by atoms with Gasteiger partial charge in [0.2, 0.25) is 0 Å². The fourth-order valence-electron chi connectivity index (χ4n) is 2.64. The van der Waals surface area contributed by atoms with E-state index in [1.165, 1.54) is 0 Å². The zero-order valence-corrected chi connectivity index (χ0v) is 14.0. The average molecular weight is 330 g/mol. The second kappa shape index (κ2) is 7.98. The summed E-state index contributed by atoms with van der Waals surface area (Å²) >= 11 is 0. The molecule has 0 heterocycles. The highest BCUT2D eigenvalue weighted by molar-refractivity contribution is 6.02. The first-order chi connectivity index (χ1) is 12.3. The Balaban J connectivity index is 1.78. The summed E-state index contributed by atoms with van der Waals surface area (Å²) in [6.45, 7) is 2.85. The second-order valence-corrected chi connectivity index (χ2v) is 5.41. The number of hydrogen-bond donors (Lipinski definition) is 0. The van der Waals surface area contributed by atoms with Crippen LogP contribution >= 0.6 is 0 Å². The average Bonchev–Trinajstić information content (AvgIpc) is 2.67. The van der Waals surface area contributed by atoms with Crippen LogP contribution in [0.3, 0.4) is 0 Å². The van der Waals surface area contributed by atoms with E-state index in [0.29, 0.717) is 12.2 Å². The Labute approximate surface area is 146 Å². The Bertz CT molecular complexity index is 942. The molecule has 3 rings (SSSR count). The van der Waals surface area contributed by atoms with Gasteiger partial charge in [0.05, 0.1) is 24.5 Å². The number of nitriles is 1. The van der Waals surface area contributed by atoms with E-state index in [1.807, 2.05) is 61.5 Å². The molecule has 0 atom stereocenters. The molecule has 4 nitrogen and oxygen atoms in total. The monoisotopic (exact) mass is 330 g/mol. The lowest BCUT2D eigenvalue weighted by molar-refractivity contribution is 0.132. The van der Waals surface area contributed by atoms with E-state index in [4.69, 9.17) is 14.8 Å². The maximum atomic E-state index is 9.09. The fourth-order valence-corrected chi connectivity index (χ4v) is 2.64. The van der Waals surface area contributed by atoms with Crippen LogP contribution in [-0.2, 0) is 11.4 Å². The van der Waals surface area contributed by atoms with Crippen LogP contribution in [0.15, 0.2) is 65.8 Å². The van der Waals surface area contributed by atoms with E-state index in [9.17, 15) is 0 Å². The van der Waals surface area contributed by atoms with E-state index >= 15 is 0 Å². The molecule has 0 saturated carbocycles. The topological polar surface area (TPSA) is 54.6 Å². The molecule has 0 amide bonds. The van der Waals surface area contributed by atoms with Crippen LogP contribution in [-0.4, -0.2) is 12.8 Å². The predicted octanol–water partition coefficient (Wildman–Crippen LogP) is 4.66. The molecule has 124 valence electrons. The summed E-state index contributed by atoms with van der Waals surface area (Å²) in [5.74, 6) is 0.860. The minimum Gasteiger partial charge on any atom is -0.493 e. The normalized spacial score (nSPS) is 10.7. The molecule has 0 saturated heterocycles. The van der Waals surface area contributed by atoms with Crippen LogP contribution in [0.5, 0.6) is 5.75 Å². The van der Waals surface area contributed by atoms with Crippen LogP contribution in [0.2, 0.25) is 0 Å². The zero-order valence-electron chi connectivity index (χ0n) is 14.0. The van der Waals surface area contributed by atoms with Crippen molar-refractivity contribution >= 4 is 17.0 Å². The Morgan fingerprint density at radius 2 is 1.76 bits per heavy atom. The number of ether oxygens (including phenoxy) is 1. The Hall–Kier alpha value is -3.32. The van der Waals surface area contributed by atoms with Gasteiger partial charge in [-0.15, -0.1) is 0 Å². The molecule has 0 radical (unpaired) electrons. The van der Waals surface area contributed by atoms with Crippen LogP contribution in [0.4, 0.5) is 0 Å². The summed E-state index contributed by atoms with van der Waals surface area (Å²) in [6, 6.07) is 21.4. The number of benzene rings is 3.